The number of unbranched alkanes of at least 4 members (excludes halogenated alkanes) is 3. The van der Waals surface area contributed by atoms with Gasteiger partial charge in [0.25, 0.3) is 0 Å². The number of rotatable bonds is 8. The Morgan fingerprint density at radius 2 is 1.81 bits per heavy atom. The van der Waals surface area contributed by atoms with Crippen LogP contribution in [0.1, 0.15) is 57.6 Å². The van der Waals surface area contributed by atoms with Crippen LogP contribution in [0.5, 0.6) is 5.75 Å². The number of hydrogen-bond donors (Lipinski definition) is 0. The van der Waals surface area contributed by atoms with Crippen molar-refractivity contribution in [2.75, 3.05) is 6.61 Å². The molecule has 2 nitrogen and oxygen atoms in total. The van der Waals surface area contributed by atoms with Crippen molar-refractivity contribution in [2.24, 2.45) is 0 Å². The Labute approximate surface area is 127 Å². The quantitative estimate of drug-likeness (QED) is 0.574. The molecule has 0 N–H and O–H groups in total. The lowest BCUT2D eigenvalue weighted by atomic mass is 9.98. The van der Waals surface area contributed by atoms with Crippen molar-refractivity contribution in [3.63, 3.8) is 0 Å². The number of ether oxygens (including phenoxy) is 1. The summed E-state index contributed by atoms with van der Waals surface area (Å²) in [6.45, 7) is 4.83. The van der Waals surface area contributed by atoms with Crippen molar-refractivity contribution in [3.05, 3.63) is 42.0 Å². The van der Waals surface area contributed by atoms with E-state index in [2.05, 4.69) is 6.92 Å². The zero-order chi connectivity index (χ0) is 15.1. The van der Waals surface area contributed by atoms with Crippen molar-refractivity contribution < 1.29 is 9.84 Å². The number of benzene rings is 2. The van der Waals surface area contributed by atoms with Crippen LogP contribution in [0.15, 0.2) is 36.4 Å². The van der Waals surface area contributed by atoms with E-state index in [4.69, 9.17) is 4.74 Å². The van der Waals surface area contributed by atoms with Gasteiger partial charge in [-0.3, -0.25) is 0 Å². The third-order valence-electron chi connectivity index (χ3n) is 3.88. The smallest absolute Gasteiger partial charge is 0.125 e. The molecule has 0 spiro atoms. The first kappa shape index (κ1) is 15.8. The summed E-state index contributed by atoms with van der Waals surface area (Å²) in [4.78, 5) is 0. The second kappa shape index (κ2) is 8.04. The zero-order valence-electron chi connectivity index (χ0n) is 13.1. The highest BCUT2D eigenvalue weighted by atomic mass is 16.5. The Kier molecular flexibility index (Phi) is 6.06. The van der Waals surface area contributed by atoms with Crippen LogP contribution in [-0.4, -0.2) is 6.61 Å². The monoisotopic (exact) mass is 285 g/mol. The summed E-state index contributed by atoms with van der Waals surface area (Å²) >= 11 is 0. The highest BCUT2D eigenvalue weighted by Crippen LogP contribution is 2.35. The van der Waals surface area contributed by atoms with Crippen molar-refractivity contribution in [1.82, 2.24) is 0 Å². The van der Waals surface area contributed by atoms with Crippen LogP contribution in [-0.2, 0) is 5.11 Å². The van der Waals surface area contributed by atoms with E-state index >= 15 is 0 Å². The maximum absolute atomic E-state index is 12.4. The minimum absolute atomic E-state index is 0.584. The number of hydrogen-bond acceptors (Lipinski definition) is 1. The first-order valence-electron chi connectivity index (χ1n) is 8.08. The first-order valence-corrected chi connectivity index (χ1v) is 8.08. The van der Waals surface area contributed by atoms with Crippen molar-refractivity contribution in [3.8, 4) is 5.75 Å². The van der Waals surface area contributed by atoms with Gasteiger partial charge in [0.05, 0.1) is 6.61 Å². The van der Waals surface area contributed by atoms with Gasteiger partial charge in [-0.05, 0) is 29.7 Å². The summed E-state index contributed by atoms with van der Waals surface area (Å²) in [6.07, 6.45) is 4.57. The molecule has 0 heterocycles. The molecular weight excluding hydrogens is 260 g/mol. The van der Waals surface area contributed by atoms with Crippen LogP contribution in [0.4, 0.5) is 0 Å². The Balaban J connectivity index is 2.21. The molecule has 0 fully saturated rings. The van der Waals surface area contributed by atoms with Gasteiger partial charge in [-0.25, -0.2) is 5.11 Å². The highest BCUT2D eigenvalue weighted by Gasteiger charge is 2.17. The van der Waals surface area contributed by atoms with Crippen molar-refractivity contribution in [2.45, 2.75) is 52.1 Å². The largest absolute Gasteiger partial charge is 0.493 e. The zero-order valence-corrected chi connectivity index (χ0v) is 13.1. The lowest BCUT2D eigenvalue weighted by Crippen LogP contribution is -2.04. The minimum Gasteiger partial charge on any atom is -0.493 e. The van der Waals surface area contributed by atoms with E-state index in [-0.39, 0.29) is 0 Å². The molecule has 21 heavy (non-hydrogen) atoms. The molecular formula is C19H25O2. The minimum atomic E-state index is -0.721. The average molecular weight is 285 g/mol. The molecule has 0 bridgehead atoms. The highest BCUT2D eigenvalue weighted by molar-refractivity contribution is 5.88. The van der Waals surface area contributed by atoms with Crippen molar-refractivity contribution >= 4 is 10.8 Å². The Morgan fingerprint density at radius 3 is 2.57 bits per heavy atom. The summed E-state index contributed by atoms with van der Waals surface area (Å²) in [5, 5.41) is 14.5. The number of fused-ring (bicyclic) bond motifs is 1. The van der Waals surface area contributed by atoms with Gasteiger partial charge < -0.3 is 4.74 Å². The summed E-state index contributed by atoms with van der Waals surface area (Å²) < 4.78 is 5.91. The fourth-order valence-electron chi connectivity index (χ4n) is 2.65. The van der Waals surface area contributed by atoms with Gasteiger partial charge in [-0.15, -0.1) is 0 Å². The summed E-state index contributed by atoms with van der Waals surface area (Å²) in [5.41, 5.74) is 0.825. The van der Waals surface area contributed by atoms with Gasteiger partial charge in [0.1, 0.15) is 11.9 Å². The molecule has 0 aliphatic heterocycles. The topological polar surface area (TPSA) is 29.1 Å². The third kappa shape index (κ3) is 3.98. The Morgan fingerprint density at radius 1 is 1.00 bits per heavy atom. The van der Waals surface area contributed by atoms with Crippen LogP contribution in [0.25, 0.3) is 10.8 Å². The van der Waals surface area contributed by atoms with Crippen LogP contribution >= 0.6 is 0 Å². The lowest BCUT2D eigenvalue weighted by molar-refractivity contribution is 0.0838. The SMILES string of the molecule is CCCCCCOc1ccc2ccccc2c1C([O])CC. The molecule has 0 saturated carbocycles. The Bertz CT molecular complexity index is 562. The van der Waals surface area contributed by atoms with E-state index in [9.17, 15) is 5.11 Å². The predicted molar refractivity (Wildman–Crippen MR) is 87.3 cm³/mol. The molecule has 1 unspecified atom stereocenters. The van der Waals surface area contributed by atoms with Crippen LogP contribution in [0.3, 0.4) is 0 Å². The van der Waals surface area contributed by atoms with Crippen molar-refractivity contribution in [1.29, 1.82) is 0 Å². The van der Waals surface area contributed by atoms with Gasteiger partial charge in [-0.2, -0.15) is 0 Å². The molecule has 113 valence electrons. The fourth-order valence-corrected chi connectivity index (χ4v) is 2.65. The van der Waals surface area contributed by atoms with Crippen LogP contribution in [0.2, 0.25) is 0 Å². The maximum atomic E-state index is 12.4. The summed E-state index contributed by atoms with van der Waals surface area (Å²) in [7, 11) is 0. The molecule has 2 aromatic rings. The molecule has 0 aromatic heterocycles. The Hall–Kier alpha value is -1.54. The molecule has 2 heteroatoms. The standard InChI is InChI=1S/C19H25O2/c1-3-5-6-9-14-21-18-13-12-15-10-7-8-11-16(15)19(18)17(20)4-2/h7-8,10-13,17H,3-6,9,14H2,1-2H3. The third-order valence-corrected chi connectivity index (χ3v) is 3.88. The summed E-state index contributed by atoms with van der Waals surface area (Å²) in [6, 6.07) is 12.1. The van der Waals surface area contributed by atoms with Gasteiger partial charge in [0.15, 0.2) is 0 Å². The van der Waals surface area contributed by atoms with Crippen LogP contribution in [0, 0.1) is 0 Å². The van der Waals surface area contributed by atoms with E-state index in [0.717, 1.165) is 28.5 Å². The lowest BCUT2D eigenvalue weighted by Gasteiger charge is -2.16. The van der Waals surface area contributed by atoms with E-state index < -0.39 is 6.10 Å². The second-order valence-corrected chi connectivity index (χ2v) is 5.50. The van der Waals surface area contributed by atoms with Gasteiger partial charge >= 0.3 is 0 Å². The molecule has 0 aliphatic carbocycles. The van der Waals surface area contributed by atoms with E-state index in [1.165, 1.54) is 19.3 Å². The van der Waals surface area contributed by atoms with E-state index in [0.29, 0.717) is 13.0 Å². The summed E-state index contributed by atoms with van der Waals surface area (Å²) in [5.74, 6) is 0.770. The maximum Gasteiger partial charge on any atom is 0.125 e. The molecule has 1 radical (unpaired) electrons. The van der Waals surface area contributed by atoms with Gasteiger partial charge in [0, 0.05) is 5.56 Å². The van der Waals surface area contributed by atoms with Gasteiger partial charge in [0.2, 0.25) is 0 Å². The first-order chi connectivity index (χ1) is 10.3. The molecule has 1 atom stereocenters. The molecule has 0 aliphatic rings. The van der Waals surface area contributed by atoms with E-state index in [1.807, 2.05) is 43.3 Å². The normalized spacial score (nSPS) is 12.5. The molecule has 2 rings (SSSR count). The predicted octanol–water partition coefficient (Wildman–Crippen LogP) is 5.68. The van der Waals surface area contributed by atoms with Crippen LogP contribution < -0.4 is 4.74 Å². The molecule has 0 amide bonds. The van der Waals surface area contributed by atoms with E-state index in [1.54, 1.807) is 0 Å². The average Bonchev–Trinajstić information content (AvgIpc) is 2.53. The fraction of sp³-hybridized carbons (Fsp3) is 0.474. The van der Waals surface area contributed by atoms with Gasteiger partial charge in [-0.1, -0.05) is 63.4 Å². The molecule has 0 saturated heterocycles. The second-order valence-electron chi connectivity index (χ2n) is 5.50. The molecule has 2 aromatic carbocycles.